The van der Waals surface area contributed by atoms with Crippen molar-refractivity contribution in [3.63, 3.8) is 0 Å². The molecule has 0 saturated heterocycles. The summed E-state index contributed by atoms with van der Waals surface area (Å²) in [6, 6.07) is 18.6. The maximum Gasteiger partial charge on any atom is 0.0125 e. The number of rotatable bonds is 22. The normalized spacial score (nSPS) is 13.1. The number of benzene rings is 2. The van der Waals surface area contributed by atoms with Crippen LogP contribution in [0.25, 0.3) is 0 Å². The highest BCUT2D eigenvalue weighted by Gasteiger charge is 2.08. The van der Waals surface area contributed by atoms with Crippen LogP contribution in [0.4, 0.5) is 0 Å². The van der Waals surface area contributed by atoms with E-state index in [1.165, 1.54) is 136 Å². The largest absolute Gasteiger partial charge is 0.0901 e. The predicted molar refractivity (Wildman–Crippen MR) is 168 cm³/mol. The first-order valence-electron chi connectivity index (χ1n) is 16.0. The van der Waals surface area contributed by atoms with Crippen LogP contribution in [0.1, 0.15) is 142 Å². The Morgan fingerprint density at radius 2 is 0.946 bits per heavy atom. The van der Waals surface area contributed by atoms with Crippen LogP contribution in [0.5, 0.6) is 0 Å². The first-order chi connectivity index (χ1) is 18.2. The third kappa shape index (κ3) is 14.5. The molecule has 0 heterocycles. The van der Waals surface area contributed by atoms with E-state index in [0.717, 1.165) is 11.8 Å². The van der Waals surface area contributed by atoms with Gasteiger partial charge in [0.25, 0.3) is 0 Å². The molecule has 0 bridgehead atoms. The van der Waals surface area contributed by atoms with Gasteiger partial charge < -0.3 is 0 Å². The zero-order valence-electron chi connectivity index (χ0n) is 24.9. The minimum atomic E-state index is 0.922. The molecule has 2 atom stereocenters. The van der Waals surface area contributed by atoms with Crippen molar-refractivity contribution in [1.82, 2.24) is 0 Å². The van der Waals surface area contributed by atoms with E-state index in [2.05, 4.69) is 76.2 Å². The molecular formula is C36H58S. The van der Waals surface area contributed by atoms with Crippen LogP contribution in [0, 0.1) is 11.8 Å². The summed E-state index contributed by atoms with van der Waals surface area (Å²) in [5, 5.41) is 0. The van der Waals surface area contributed by atoms with Gasteiger partial charge in [-0.3, -0.25) is 0 Å². The van der Waals surface area contributed by atoms with Crippen molar-refractivity contribution in [3.05, 3.63) is 59.7 Å². The van der Waals surface area contributed by atoms with Crippen LogP contribution in [0.2, 0.25) is 0 Å². The van der Waals surface area contributed by atoms with E-state index in [9.17, 15) is 0 Å². The molecule has 2 aromatic rings. The summed E-state index contributed by atoms with van der Waals surface area (Å²) in [7, 11) is 0. The van der Waals surface area contributed by atoms with Crippen LogP contribution < -0.4 is 0 Å². The molecule has 0 N–H and O–H groups in total. The van der Waals surface area contributed by atoms with Crippen molar-refractivity contribution < 1.29 is 0 Å². The first-order valence-corrected chi connectivity index (χ1v) is 16.9. The lowest BCUT2D eigenvalue weighted by Gasteiger charge is -2.15. The zero-order chi connectivity index (χ0) is 26.6. The zero-order valence-corrected chi connectivity index (χ0v) is 25.7. The van der Waals surface area contributed by atoms with Crippen LogP contribution in [-0.2, 0) is 12.8 Å². The molecule has 0 fully saturated rings. The van der Waals surface area contributed by atoms with E-state index < -0.39 is 0 Å². The Bertz CT molecular complexity index is 742. The molecule has 2 rings (SSSR count). The highest BCUT2D eigenvalue weighted by molar-refractivity contribution is 7.99. The van der Waals surface area contributed by atoms with E-state index in [-0.39, 0.29) is 0 Å². The van der Waals surface area contributed by atoms with Gasteiger partial charge in [0, 0.05) is 9.79 Å². The lowest BCUT2D eigenvalue weighted by atomic mass is 9.92. The Hall–Kier alpha value is -1.21. The van der Waals surface area contributed by atoms with E-state index in [1.54, 1.807) is 0 Å². The van der Waals surface area contributed by atoms with Gasteiger partial charge in [-0.1, -0.05) is 154 Å². The van der Waals surface area contributed by atoms with Crippen molar-refractivity contribution in [3.8, 4) is 0 Å². The minimum Gasteiger partial charge on any atom is -0.0901 e. The summed E-state index contributed by atoms with van der Waals surface area (Å²) >= 11 is 1.94. The first kappa shape index (κ1) is 32.0. The molecule has 0 aromatic heterocycles. The third-order valence-corrected chi connectivity index (χ3v) is 9.25. The second-order valence-corrected chi connectivity index (χ2v) is 12.6. The van der Waals surface area contributed by atoms with Crippen molar-refractivity contribution in [2.45, 2.75) is 153 Å². The van der Waals surface area contributed by atoms with Gasteiger partial charge in [0.1, 0.15) is 0 Å². The molecule has 2 aromatic carbocycles. The summed E-state index contributed by atoms with van der Waals surface area (Å²) in [5.74, 6) is 1.84. The maximum absolute atomic E-state index is 2.43. The molecule has 0 nitrogen and oxygen atoms in total. The van der Waals surface area contributed by atoms with Gasteiger partial charge in [-0.2, -0.15) is 0 Å². The molecule has 208 valence electrons. The van der Waals surface area contributed by atoms with Crippen molar-refractivity contribution in [2.24, 2.45) is 11.8 Å². The number of aryl methyl sites for hydroxylation is 2. The topological polar surface area (TPSA) is 0 Å². The van der Waals surface area contributed by atoms with Gasteiger partial charge in [0.2, 0.25) is 0 Å². The average molecular weight is 523 g/mol. The van der Waals surface area contributed by atoms with E-state index in [4.69, 9.17) is 0 Å². The molecule has 0 spiro atoms. The number of hydrogen-bond donors (Lipinski definition) is 0. The molecule has 0 radical (unpaired) electrons. The fourth-order valence-corrected chi connectivity index (χ4v) is 6.67. The fourth-order valence-electron chi connectivity index (χ4n) is 5.68. The summed E-state index contributed by atoms with van der Waals surface area (Å²) < 4.78 is 0. The summed E-state index contributed by atoms with van der Waals surface area (Å²) in [6.07, 6.45) is 24.6. The van der Waals surface area contributed by atoms with Crippen molar-refractivity contribution in [2.75, 3.05) is 0 Å². The van der Waals surface area contributed by atoms with Gasteiger partial charge in [-0.25, -0.2) is 0 Å². The van der Waals surface area contributed by atoms with Crippen molar-refractivity contribution >= 4 is 11.8 Å². The Kier molecular flexibility index (Phi) is 17.9. The van der Waals surface area contributed by atoms with E-state index >= 15 is 0 Å². The lowest BCUT2D eigenvalue weighted by molar-refractivity contribution is 0.403. The molecule has 0 amide bonds. The molecule has 37 heavy (non-hydrogen) atoms. The second kappa shape index (κ2) is 20.7. The number of unbranched alkanes of at least 4 members (excludes halogenated alkanes) is 6. The highest BCUT2D eigenvalue weighted by atomic mass is 32.2. The van der Waals surface area contributed by atoms with Gasteiger partial charge in [0.05, 0.1) is 0 Å². The molecule has 1 heteroatoms. The number of hydrogen-bond acceptors (Lipinski definition) is 1. The van der Waals surface area contributed by atoms with Crippen LogP contribution >= 0.6 is 11.8 Å². The molecular weight excluding hydrogens is 464 g/mol. The van der Waals surface area contributed by atoms with Crippen LogP contribution in [0.15, 0.2) is 58.3 Å². The summed E-state index contributed by atoms with van der Waals surface area (Å²) in [5.41, 5.74) is 3.01. The second-order valence-electron chi connectivity index (χ2n) is 11.4. The predicted octanol–water partition coefficient (Wildman–Crippen LogP) is 12.5. The SMILES string of the molecule is CCCCCCC(CC)CCCc1cccc(Sc2cccc(CCCC(CC)CCCCCC)c2)c1. The lowest BCUT2D eigenvalue weighted by Crippen LogP contribution is -2.00. The van der Waals surface area contributed by atoms with Crippen LogP contribution in [-0.4, -0.2) is 0 Å². The summed E-state index contributed by atoms with van der Waals surface area (Å²) in [4.78, 5) is 2.78. The van der Waals surface area contributed by atoms with Crippen LogP contribution in [0.3, 0.4) is 0 Å². The Labute approximate surface area is 235 Å². The molecule has 0 aliphatic heterocycles. The molecule has 0 aliphatic carbocycles. The van der Waals surface area contributed by atoms with Gasteiger partial charge in [-0.15, -0.1) is 0 Å². The Morgan fingerprint density at radius 1 is 0.514 bits per heavy atom. The van der Waals surface area contributed by atoms with E-state index in [1.807, 2.05) is 11.8 Å². The molecule has 2 unspecified atom stereocenters. The standard InChI is InChI=1S/C36H58S/c1-5-9-11-13-19-31(7-3)21-15-23-33-25-17-27-35(29-33)37-36-28-18-26-34(30-36)24-16-22-32(8-4)20-14-12-10-6-2/h17-18,25-32H,5-16,19-24H2,1-4H3. The quantitative estimate of drug-likeness (QED) is 0.139. The molecule has 0 aliphatic rings. The van der Waals surface area contributed by atoms with Crippen molar-refractivity contribution in [1.29, 1.82) is 0 Å². The monoisotopic (exact) mass is 522 g/mol. The van der Waals surface area contributed by atoms with Gasteiger partial charge in [0.15, 0.2) is 0 Å². The average Bonchev–Trinajstić information content (AvgIpc) is 2.92. The van der Waals surface area contributed by atoms with E-state index in [0.29, 0.717) is 0 Å². The molecule has 0 saturated carbocycles. The fraction of sp³-hybridized carbons (Fsp3) is 0.667. The highest BCUT2D eigenvalue weighted by Crippen LogP contribution is 2.30. The minimum absolute atomic E-state index is 0.922. The Balaban J connectivity index is 1.77. The third-order valence-electron chi connectivity index (χ3n) is 8.27. The van der Waals surface area contributed by atoms with Gasteiger partial charge in [-0.05, 0) is 72.9 Å². The smallest absolute Gasteiger partial charge is 0.0125 e. The Morgan fingerprint density at radius 3 is 1.35 bits per heavy atom. The van der Waals surface area contributed by atoms with Gasteiger partial charge >= 0.3 is 0 Å². The maximum atomic E-state index is 2.43. The summed E-state index contributed by atoms with van der Waals surface area (Å²) in [6.45, 7) is 9.37.